The maximum Gasteiger partial charge on any atom is 0.340 e. The second-order valence-electron chi connectivity index (χ2n) is 6.78. The van der Waals surface area contributed by atoms with E-state index in [0.29, 0.717) is 42.5 Å². The molecule has 0 fully saturated rings. The Morgan fingerprint density at radius 3 is 1.65 bits per heavy atom. The Kier molecular flexibility index (Phi) is 6.29. The number of benzene rings is 3. The van der Waals surface area contributed by atoms with Gasteiger partial charge in [-0.25, -0.2) is 4.79 Å². The van der Waals surface area contributed by atoms with Gasteiger partial charge in [0.2, 0.25) is 0 Å². The fourth-order valence-electron chi connectivity index (χ4n) is 3.81. The van der Waals surface area contributed by atoms with E-state index in [1.54, 1.807) is 12.1 Å². The Morgan fingerprint density at radius 1 is 0.677 bits per heavy atom. The predicted octanol–water partition coefficient (Wildman–Crippen LogP) is 7.29. The van der Waals surface area contributed by atoms with Gasteiger partial charge in [0.15, 0.2) is 17.1 Å². The van der Waals surface area contributed by atoms with E-state index < -0.39 is 11.6 Å². The minimum Gasteiger partial charge on any atom is -0.506 e. The Bertz CT molecular complexity index is 1290. The molecule has 5 rings (SSSR count). The van der Waals surface area contributed by atoms with Crippen LogP contribution in [-0.4, -0.2) is 16.2 Å². The van der Waals surface area contributed by atoms with Crippen LogP contribution >= 0.6 is 136 Å². The first kappa shape index (κ1) is 23.6. The highest BCUT2D eigenvalue weighted by Gasteiger charge is 2.55. The summed E-state index contributed by atoms with van der Waals surface area (Å²) in [6, 6.07) is 7.42. The number of phenolic OH excluding ortho intramolecular Hbond substituents is 2. The van der Waals surface area contributed by atoms with E-state index in [9.17, 15) is 15.0 Å². The van der Waals surface area contributed by atoms with Crippen LogP contribution in [0.3, 0.4) is 0 Å². The van der Waals surface area contributed by atoms with E-state index in [1.165, 1.54) is 0 Å². The monoisotopic (exact) mass is 1090 g/mol. The van der Waals surface area contributed by atoms with Crippen molar-refractivity contribution in [1.29, 1.82) is 0 Å². The van der Waals surface area contributed by atoms with Gasteiger partial charge in [-0.2, -0.15) is 0 Å². The van der Waals surface area contributed by atoms with Crippen LogP contribution in [0.15, 0.2) is 24.3 Å². The summed E-state index contributed by atoms with van der Waals surface area (Å²) < 4.78 is 16.7. The Morgan fingerprint density at radius 2 is 1.13 bits per heavy atom. The summed E-state index contributed by atoms with van der Waals surface area (Å²) in [5.41, 5.74) is 1.27. The first-order chi connectivity index (χ1) is 14.6. The van der Waals surface area contributed by atoms with Crippen molar-refractivity contribution < 1.29 is 24.5 Å². The molecule has 11 heteroatoms. The van der Waals surface area contributed by atoms with Crippen LogP contribution in [0.25, 0.3) is 0 Å². The zero-order valence-corrected chi connectivity index (χ0v) is 27.6. The van der Waals surface area contributed by atoms with Crippen molar-refractivity contribution in [1.82, 2.24) is 0 Å². The molecular formula is C20H6I6O5. The summed E-state index contributed by atoms with van der Waals surface area (Å²) in [4.78, 5) is 13.1. The molecule has 0 aliphatic carbocycles. The normalized spacial score (nSPS) is 15.2. The van der Waals surface area contributed by atoms with Crippen LogP contribution in [-0.2, 0) is 10.3 Å². The first-order valence-electron chi connectivity index (χ1n) is 8.41. The largest absolute Gasteiger partial charge is 0.506 e. The van der Waals surface area contributed by atoms with Gasteiger partial charge in [0.1, 0.15) is 11.5 Å². The van der Waals surface area contributed by atoms with E-state index in [4.69, 9.17) is 9.47 Å². The molecule has 0 saturated carbocycles. The molecule has 2 aliphatic rings. The summed E-state index contributed by atoms with van der Waals surface area (Å²) in [6.45, 7) is 0. The number of hydrogen-bond acceptors (Lipinski definition) is 5. The highest BCUT2D eigenvalue weighted by molar-refractivity contribution is 14.1. The summed E-state index contributed by atoms with van der Waals surface area (Å²) in [5.74, 6) is 0.617. The Hall–Kier alpha value is 0.910. The second-order valence-corrected chi connectivity index (χ2v) is 13.6. The van der Waals surface area contributed by atoms with Crippen molar-refractivity contribution in [2.24, 2.45) is 0 Å². The topological polar surface area (TPSA) is 76.0 Å². The zero-order chi connectivity index (χ0) is 22.4. The zero-order valence-electron chi connectivity index (χ0n) is 14.7. The van der Waals surface area contributed by atoms with Gasteiger partial charge in [0.05, 0.1) is 31.0 Å². The molecule has 0 atom stereocenters. The number of phenols is 2. The number of esters is 1. The molecule has 1 spiro atoms. The van der Waals surface area contributed by atoms with Crippen molar-refractivity contribution in [2.45, 2.75) is 5.60 Å². The van der Waals surface area contributed by atoms with Crippen molar-refractivity contribution in [3.05, 3.63) is 67.9 Å². The summed E-state index contributed by atoms with van der Waals surface area (Å²) in [5, 5.41) is 21.2. The van der Waals surface area contributed by atoms with Gasteiger partial charge in [-0.3, -0.25) is 0 Å². The van der Waals surface area contributed by atoms with E-state index in [2.05, 4.69) is 90.4 Å². The summed E-state index contributed by atoms with van der Waals surface area (Å²) >= 11 is 12.7. The Balaban J connectivity index is 2.00. The lowest BCUT2D eigenvalue weighted by Gasteiger charge is -2.38. The van der Waals surface area contributed by atoms with Gasteiger partial charge in [0.25, 0.3) is 0 Å². The quantitative estimate of drug-likeness (QED) is 0.183. The summed E-state index contributed by atoms with van der Waals surface area (Å²) in [7, 11) is 0. The number of aromatic hydroxyl groups is 2. The molecule has 2 aliphatic heterocycles. The number of hydrogen-bond donors (Lipinski definition) is 2. The maximum atomic E-state index is 13.1. The molecule has 5 nitrogen and oxygen atoms in total. The van der Waals surface area contributed by atoms with Crippen molar-refractivity contribution >= 4 is 142 Å². The number of fused-ring (bicyclic) bond motifs is 6. The maximum absolute atomic E-state index is 13.1. The molecular weight excluding hydrogens is 1080 g/mol. The average molecular weight is 1090 g/mol. The molecule has 3 aromatic carbocycles. The lowest BCUT2D eigenvalue weighted by Crippen LogP contribution is -2.34. The Labute approximate surface area is 258 Å². The number of carbonyl (C=O) groups is 1. The molecule has 0 radical (unpaired) electrons. The highest BCUT2D eigenvalue weighted by atomic mass is 127. The van der Waals surface area contributed by atoms with E-state index in [-0.39, 0.29) is 11.5 Å². The predicted molar refractivity (Wildman–Crippen MR) is 164 cm³/mol. The first-order valence-corrected chi connectivity index (χ1v) is 14.9. The van der Waals surface area contributed by atoms with Crippen LogP contribution in [0.5, 0.6) is 23.0 Å². The number of carbonyl (C=O) groups excluding carboxylic acids is 1. The second kappa shape index (κ2) is 8.25. The third-order valence-corrected chi connectivity index (χ3v) is 11.6. The molecule has 2 N–H and O–H groups in total. The van der Waals surface area contributed by atoms with E-state index in [1.807, 2.05) is 57.3 Å². The molecule has 158 valence electrons. The van der Waals surface area contributed by atoms with E-state index >= 15 is 0 Å². The third-order valence-electron chi connectivity index (χ3n) is 5.17. The van der Waals surface area contributed by atoms with Crippen LogP contribution in [0.2, 0.25) is 0 Å². The van der Waals surface area contributed by atoms with Crippen LogP contribution in [0, 0.1) is 21.4 Å². The summed E-state index contributed by atoms with van der Waals surface area (Å²) in [6.07, 6.45) is 0. The molecule has 31 heavy (non-hydrogen) atoms. The van der Waals surface area contributed by atoms with Crippen LogP contribution < -0.4 is 4.74 Å². The molecule has 2 heterocycles. The minimum absolute atomic E-state index is 0.102. The van der Waals surface area contributed by atoms with Gasteiger partial charge in [0, 0.05) is 12.7 Å². The number of rotatable bonds is 0. The molecule has 0 amide bonds. The highest BCUT2D eigenvalue weighted by Crippen LogP contribution is 2.60. The van der Waals surface area contributed by atoms with Crippen molar-refractivity contribution in [2.75, 3.05) is 0 Å². The molecule has 0 unspecified atom stereocenters. The lowest BCUT2D eigenvalue weighted by molar-refractivity contribution is 0.0222. The fourth-order valence-corrected chi connectivity index (χ4v) is 8.32. The van der Waals surface area contributed by atoms with Gasteiger partial charge < -0.3 is 19.7 Å². The molecule has 0 saturated heterocycles. The number of ether oxygens (including phenoxy) is 2. The van der Waals surface area contributed by atoms with Crippen molar-refractivity contribution in [3.8, 4) is 23.0 Å². The van der Waals surface area contributed by atoms with Crippen LogP contribution in [0.4, 0.5) is 0 Å². The lowest BCUT2D eigenvalue weighted by atomic mass is 9.77. The van der Waals surface area contributed by atoms with Crippen molar-refractivity contribution in [3.63, 3.8) is 0 Å². The van der Waals surface area contributed by atoms with E-state index in [0.717, 1.165) is 12.7 Å². The molecule has 0 bridgehead atoms. The van der Waals surface area contributed by atoms with Gasteiger partial charge in [-0.05, 0) is 160 Å². The third kappa shape index (κ3) is 3.34. The average Bonchev–Trinajstić information content (AvgIpc) is 2.99. The smallest absolute Gasteiger partial charge is 0.340 e. The fraction of sp³-hybridized carbons (Fsp3) is 0.0500. The van der Waals surface area contributed by atoms with Gasteiger partial charge in [-0.1, -0.05) is 0 Å². The number of halogens is 6. The van der Waals surface area contributed by atoms with Gasteiger partial charge in [-0.15, -0.1) is 0 Å². The standard InChI is InChI=1S/C20H6I6O5/c21-9-1-5-6(2-10(9)22)20(31-19(5)29)7-3-11(23)15(27)13(25)17(7)30-18-8(20)4-12(24)16(28)14(18)26/h1-4,27-28H. The minimum atomic E-state index is -1.25. The van der Waals surface area contributed by atoms with Crippen LogP contribution in [0.1, 0.15) is 27.0 Å². The SMILES string of the molecule is O=C1OC2(c3cc(I)c(I)cc31)c1cc(I)c(O)c(I)c1Oc1c2cc(I)c(O)c1I. The molecule has 3 aromatic rings. The van der Waals surface area contributed by atoms with Gasteiger partial charge >= 0.3 is 5.97 Å². The molecule has 0 aromatic heterocycles.